The van der Waals surface area contributed by atoms with Crippen LogP contribution in [0.25, 0.3) is 0 Å². The molecule has 0 aliphatic heterocycles. The van der Waals surface area contributed by atoms with Crippen molar-refractivity contribution in [3.63, 3.8) is 0 Å². The zero-order valence-corrected chi connectivity index (χ0v) is 10.4. The van der Waals surface area contributed by atoms with Gasteiger partial charge in [0.05, 0.1) is 0 Å². The van der Waals surface area contributed by atoms with Crippen molar-refractivity contribution in [2.45, 2.75) is 0 Å². The molecular weight excluding hydrogens is 224 g/mol. The average Bonchev–Trinajstić information content (AvgIpc) is 0.722. The fourth-order valence-electron chi connectivity index (χ4n) is 0. The number of rotatable bonds is 0. The van der Waals surface area contributed by atoms with Crippen molar-refractivity contribution in [2.75, 3.05) is 0 Å². The molecule has 0 amide bonds. The van der Waals surface area contributed by atoms with Crippen LogP contribution in [0.1, 0.15) is 0 Å². The van der Waals surface area contributed by atoms with Gasteiger partial charge in [-0.05, 0) is 0 Å². The number of hydrogen-bond acceptors (Lipinski definition) is 1. The Hall–Kier alpha value is 1.34. The van der Waals surface area contributed by atoms with Crippen LogP contribution in [0.5, 0.6) is 0 Å². The molecule has 3 nitrogen and oxygen atoms in total. The van der Waals surface area contributed by atoms with Crippen molar-refractivity contribution in [1.82, 2.24) is 0 Å². The third-order valence-corrected chi connectivity index (χ3v) is 0. The second-order valence-corrected chi connectivity index (χ2v) is 5.30. The minimum atomic E-state index is -3.64. The van der Waals surface area contributed by atoms with E-state index in [9.17, 15) is 4.57 Å². The van der Waals surface area contributed by atoms with Gasteiger partial charge in [-0.1, -0.05) is 0 Å². The Morgan fingerprint density at radius 1 is 1.50 bits per heavy atom. The van der Waals surface area contributed by atoms with Crippen molar-refractivity contribution in [3.05, 3.63) is 0 Å². The Labute approximate surface area is 56.8 Å². The van der Waals surface area contributed by atoms with Crippen LogP contribution in [0.2, 0.25) is 0 Å². The van der Waals surface area contributed by atoms with Crippen molar-refractivity contribution in [3.8, 4) is 0 Å². The normalized spacial score (nSPS) is 9.83. The maximum absolute atomic E-state index is 9.33. The molecule has 6 heteroatoms. The summed E-state index contributed by atoms with van der Waals surface area (Å²) in [4.78, 5) is 15.3. The van der Waals surface area contributed by atoms with E-state index in [1.807, 2.05) is 0 Å². The molecule has 2 radical (unpaired) electrons. The second kappa shape index (κ2) is 3.36. The summed E-state index contributed by atoms with van der Waals surface area (Å²) in [5, 5.41) is 0. The molecule has 0 bridgehead atoms. The van der Waals surface area contributed by atoms with Gasteiger partial charge in [0, 0.05) is 0 Å². The molecule has 2 N–H and O–H groups in total. The van der Waals surface area contributed by atoms with Crippen molar-refractivity contribution in [1.29, 1.82) is 0 Å². The predicted molar refractivity (Wildman–Crippen MR) is 27.7 cm³/mol. The van der Waals surface area contributed by atoms with E-state index in [1.165, 1.54) is 0 Å². The van der Waals surface area contributed by atoms with Crippen molar-refractivity contribution >= 4 is 42.3 Å². The van der Waals surface area contributed by atoms with Crippen molar-refractivity contribution < 1.29 is 14.4 Å². The van der Waals surface area contributed by atoms with E-state index in [0.717, 1.165) is 16.4 Å². The van der Waals surface area contributed by atoms with Gasteiger partial charge in [0.25, 0.3) is 0 Å². The van der Waals surface area contributed by atoms with Gasteiger partial charge in [-0.3, -0.25) is 0 Å². The van der Waals surface area contributed by atoms with E-state index in [2.05, 4.69) is 0 Å². The van der Waals surface area contributed by atoms with Gasteiger partial charge in [-0.2, -0.15) is 0 Å². The van der Waals surface area contributed by atoms with Gasteiger partial charge < -0.3 is 0 Å². The van der Waals surface area contributed by atoms with Crippen LogP contribution in [0.15, 0.2) is 0 Å². The van der Waals surface area contributed by atoms with Crippen LogP contribution in [0.4, 0.5) is 0 Å². The molecule has 0 aromatic rings. The average molecular weight is 229 g/mol. The summed E-state index contributed by atoms with van der Waals surface area (Å²) < 4.78 is 9.33. The predicted octanol–water partition coefficient (Wildman–Crippen LogP) is -1.94. The summed E-state index contributed by atoms with van der Waals surface area (Å²) in [7, 11) is 0. The molecule has 0 spiro atoms. The summed E-state index contributed by atoms with van der Waals surface area (Å²) in [6, 6.07) is 0. The molecule has 36 valence electrons. The second-order valence-electron chi connectivity index (χ2n) is 0.544. The third-order valence-electron chi connectivity index (χ3n) is 0. The summed E-state index contributed by atoms with van der Waals surface area (Å²) in [5.74, 6) is 0. The van der Waals surface area contributed by atoms with E-state index >= 15 is 0 Å². The van der Waals surface area contributed by atoms with Crippen LogP contribution in [0.3, 0.4) is 0 Å². The first-order chi connectivity index (χ1) is 2.00. The molecule has 0 aliphatic carbocycles. The first-order valence-corrected chi connectivity index (χ1v) is 5.23. The summed E-state index contributed by atoms with van der Waals surface area (Å²) in [6.07, 6.45) is -3.64. The van der Waals surface area contributed by atoms with E-state index in [-0.39, 0.29) is 19.8 Å². The quantitative estimate of drug-likeness (QED) is 0.375. The molecule has 6 heavy (non-hydrogen) atoms. The molecule has 0 aliphatic rings. The molecule has 0 saturated carbocycles. The van der Waals surface area contributed by atoms with Gasteiger partial charge in [-0.15, -0.1) is 0 Å². The van der Waals surface area contributed by atoms with E-state index < -0.39 is 6.16 Å². The third kappa shape index (κ3) is 55.8. The molecule has 0 rings (SSSR count). The monoisotopic (exact) mass is 228 g/mol. The Morgan fingerprint density at radius 3 is 1.50 bits per heavy atom. The first-order valence-electron chi connectivity index (χ1n) is 0.806. The summed E-state index contributed by atoms with van der Waals surface area (Å²) in [6.45, 7) is 0. The molecule has 0 heterocycles. The topological polar surface area (TPSA) is 57.5 Å². The molecule has 0 unspecified atom stereocenters. The van der Waals surface area contributed by atoms with Gasteiger partial charge in [0.2, 0.25) is 0 Å². The standard InChI is InChI=1S/AsH3O3P.Ga.2H/c1-5(2,3)4;;;/h1H,(H2,2,3,4);;;. The van der Waals surface area contributed by atoms with E-state index in [0.29, 0.717) is 0 Å². The molecule has 0 atom stereocenters. The zero-order valence-electron chi connectivity index (χ0n) is 3.25. The summed E-state index contributed by atoms with van der Waals surface area (Å²) >= 11 is 0.854. The zero-order chi connectivity index (χ0) is 4.50. The van der Waals surface area contributed by atoms with E-state index in [1.54, 1.807) is 0 Å². The van der Waals surface area contributed by atoms with Gasteiger partial charge in [0.15, 0.2) is 0 Å². The first kappa shape index (κ1) is 10.4. The SMILES string of the molecule is O=P(O)(O)[AsH].[GaH2]. The van der Waals surface area contributed by atoms with E-state index in [4.69, 9.17) is 9.79 Å². The molecule has 0 saturated heterocycles. The number of hydrogen-bond donors (Lipinski definition) is 2. The van der Waals surface area contributed by atoms with Gasteiger partial charge in [0.1, 0.15) is 0 Å². The van der Waals surface area contributed by atoms with Crippen LogP contribution in [-0.4, -0.2) is 46.0 Å². The fraction of sp³-hybridized carbons (Fsp3) is 0. The molecule has 0 aromatic heterocycles. The maximum atomic E-state index is 9.33. The Morgan fingerprint density at radius 2 is 1.50 bits per heavy atom. The Bertz CT molecular complexity index is 56.9. The summed E-state index contributed by atoms with van der Waals surface area (Å²) in [5.41, 5.74) is 0. The van der Waals surface area contributed by atoms with Crippen LogP contribution < -0.4 is 0 Å². The van der Waals surface area contributed by atoms with Crippen LogP contribution in [0, 0.1) is 0 Å². The van der Waals surface area contributed by atoms with Crippen molar-refractivity contribution in [2.24, 2.45) is 0 Å². The molecule has 0 aromatic carbocycles. The van der Waals surface area contributed by atoms with Crippen LogP contribution in [-0.2, 0) is 4.57 Å². The Balaban J connectivity index is 0. The van der Waals surface area contributed by atoms with Crippen LogP contribution >= 0.6 is 6.16 Å². The minimum absolute atomic E-state index is 0. The molecule has 0 fully saturated rings. The van der Waals surface area contributed by atoms with Gasteiger partial charge in [-0.25, -0.2) is 0 Å². The van der Waals surface area contributed by atoms with Gasteiger partial charge >= 0.3 is 56.7 Å². The fourth-order valence-corrected chi connectivity index (χ4v) is 0. The Kier molecular flexibility index (Phi) is 5.80. The molecular formula is H5AsGaO3P.